The van der Waals surface area contributed by atoms with Crippen molar-refractivity contribution < 1.29 is 23.7 Å². The molecule has 4 aromatic rings. The summed E-state index contributed by atoms with van der Waals surface area (Å²) in [6.45, 7) is 10.3. The van der Waals surface area contributed by atoms with Gasteiger partial charge in [0.15, 0.2) is 17.9 Å². The molecule has 0 unspecified atom stereocenters. The second-order valence-corrected chi connectivity index (χ2v) is 14.1. The van der Waals surface area contributed by atoms with Gasteiger partial charge in [0.05, 0.1) is 11.4 Å². The van der Waals surface area contributed by atoms with E-state index in [0.29, 0.717) is 6.54 Å². The van der Waals surface area contributed by atoms with Crippen molar-refractivity contribution in [2.75, 3.05) is 13.1 Å². The Labute approximate surface area is 284 Å². The molecule has 3 aliphatic heterocycles. The lowest BCUT2D eigenvalue weighted by molar-refractivity contribution is -0.232. The quantitative estimate of drug-likeness (QED) is 0.148. The molecule has 3 saturated heterocycles. The zero-order valence-electron chi connectivity index (χ0n) is 28.6. The second kappa shape index (κ2) is 14.2. The van der Waals surface area contributed by atoms with Gasteiger partial charge in [-0.15, -0.1) is 0 Å². The number of ether oxygens (including phenoxy) is 5. The van der Waals surface area contributed by atoms with Gasteiger partial charge in [-0.25, -0.2) is 4.98 Å². The van der Waals surface area contributed by atoms with E-state index >= 15 is 0 Å². The number of imidazole rings is 1. The molecule has 0 amide bonds. The first-order chi connectivity index (χ1) is 23.3. The first-order valence-electron chi connectivity index (χ1n) is 17.6. The Morgan fingerprint density at radius 1 is 0.625 bits per heavy atom. The lowest BCUT2D eigenvalue weighted by Crippen LogP contribution is -2.57. The minimum atomic E-state index is -0.702. The van der Waals surface area contributed by atoms with Crippen LogP contribution in [-0.2, 0) is 30.2 Å². The Morgan fingerprint density at radius 2 is 1.19 bits per heavy atom. The predicted molar refractivity (Wildman–Crippen MR) is 187 cm³/mol. The largest absolute Gasteiger partial charge is 0.342 e. The number of unbranched alkanes of at least 4 members (excludes halogenated alkanes) is 4. The Hall–Kier alpha value is -3.37. The average Bonchev–Trinajstić information content (AvgIpc) is 3.74. The fourth-order valence-electron chi connectivity index (χ4n) is 7.32. The monoisotopic (exact) mass is 651 g/mol. The van der Waals surface area contributed by atoms with E-state index in [-0.39, 0.29) is 24.4 Å². The molecule has 8 heteroatoms. The number of benzene rings is 3. The number of nitrogens with zero attached hydrogens (tertiary/aromatic N) is 2. The summed E-state index contributed by atoms with van der Waals surface area (Å²) < 4.78 is 33.5. The van der Waals surface area contributed by atoms with Gasteiger partial charge in [-0.2, -0.15) is 0 Å². The van der Waals surface area contributed by atoms with Crippen molar-refractivity contribution in [3.63, 3.8) is 0 Å². The minimum Gasteiger partial charge on any atom is -0.342 e. The highest BCUT2D eigenvalue weighted by molar-refractivity contribution is 5.82. The first-order valence-corrected chi connectivity index (χ1v) is 17.6. The van der Waals surface area contributed by atoms with Crippen LogP contribution >= 0.6 is 0 Å². The van der Waals surface area contributed by atoms with Gasteiger partial charge in [0, 0.05) is 29.8 Å². The molecule has 3 aromatic carbocycles. The van der Waals surface area contributed by atoms with Crippen molar-refractivity contribution in [1.29, 1.82) is 0 Å². The number of fused-ring (bicyclic) bond motifs is 3. The van der Waals surface area contributed by atoms with Gasteiger partial charge in [0.25, 0.3) is 0 Å². The second-order valence-electron chi connectivity index (χ2n) is 14.1. The van der Waals surface area contributed by atoms with Crippen LogP contribution in [0, 0.1) is 0 Å². The summed E-state index contributed by atoms with van der Waals surface area (Å²) in [5, 5.41) is 3.61. The average molecular weight is 652 g/mol. The fourth-order valence-corrected chi connectivity index (χ4v) is 7.32. The topological polar surface area (TPSA) is 76.0 Å². The van der Waals surface area contributed by atoms with Crippen LogP contribution in [-0.4, -0.2) is 64.9 Å². The van der Waals surface area contributed by atoms with Crippen LogP contribution in [0.15, 0.2) is 91.0 Å². The van der Waals surface area contributed by atoms with Gasteiger partial charge in [0.1, 0.15) is 30.2 Å². The third kappa shape index (κ3) is 7.30. The molecule has 7 rings (SSSR count). The number of hydrogen-bond acceptors (Lipinski definition) is 7. The third-order valence-corrected chi connectivity index (χ3v) is 9.43. The van der Waals surface area contributed by atoms with E-state index in [2.05, 4.69) is 101 Å². The van der Waals surface area contributed by atoms with Crippen LogP contribution in [0.2, 0.25) is 0 Å². The molecular weight excluding hydrogens is 602 g/mol. The maximum absolute atomic E-state index is 6.35. The van der Waals surface area contributed by atoms with Crippen LogP contribution in [0.25, 0.3) is 33.9 Å². The van der Waals surface area contributed by atoms with Gasteiger partial charge in [-0.3, -0.25) is 0 Å². The van der Waals surface area contributed by atoms with Crippen molar-refractivity contribution >= 4 is 0 Å². The first kappa shape index (κ1) is 33.1. The van der Waals surface area contributed by atoms with Crippen LogP contribution in [0.4, 0.5) is 0 Å². The summed E-state index contributed by atoms with van der Waals surface area (Å²) >= 11 is 0. The van der Waals surface area contributed by atoms with Crippen LogP contribution in [0.1, 0.15) is 59.8 Å². The maximum Gasteiger partial charge on any atom is 0.190 e. The number of hydrogen-bond donors (Lipinski definition) is 1. The molecule has 0 saturated carbocycles. The third-order valence-electron chi connectivity index (χ3n) is 9.43. The molecule has 3 fully saturated rings. The number of nitrogens with one attached hydrogen (secondary N) is 1. The van der Waals surface area contributed by atoms with Crippen LogP contribution in [0.5, 0.6) is 0 Å². The molecular formula is C40H49N3O5. The standard InChI is InChI=1S/C40H49N3O5/c1-39(2)45-34-31(44-38-36(35(34)46-39)47-40(3,4)48-38)27-41-25-17-6-5-7-18-26-43-33(29-21-13-9-14-22-29)32(28-19-11-8-12-20-28)42-37(43)30-23-15-10-16-24-30/h8-16,19-24,31,34-36,38,41H,5-7,17-18,25-27H2,1-4H3/t31-,34+,35+,36-,38-/m1/s1. The highest BCUT2D eigenvalue weighted by atomic mass is 16.9. The van der Waals surface area contributed by atoms with E-state index in [0.717, 1.165) is 55.0 Å². The van der Waals surface area contributed by atoms with Gasteiger partial charge in [-0.1, -0.05) is 110 Å². The van der Waals surface area contributed by atoms with Crippen molar-refractivity contribution in [2.45, 2.75) is 109 Å². The van der Waals surface area contributed by atoms with Crippen LogP contribution in [0.3, 0.4) is 0 Å². The maximum atomic E-state index is 6.35. The normalized spacial score (nSPS) is 25.5. The summed E-state index contributed by atoms with van der Waals surface area (Å²) in [5.41, 5.74) is 5.68. The van der Waals surface area contributed by atoms with E-state index in [4.69, 9.17) is 28.7 Å². The van der Waals surface area contributed by atoms with Gasteiger partial charge < -0.3 is 33.6 Å². The van der Waals surface area contributed by atoms with Crippen molar-refractivity contribution in [3.05, 3.63) is 91.0 Å². The van der Waals surface area contributed by atoms with Crippen molar-refractivity contribution in [1.82, 2.24) is 14.9 Å². The van der Waals surface area contributed by atoms with Crippen LogP contribution < -0.4 is 5.32 Å². The van der Waals surface area contributed by atoms with E-state index < -0.39 is 17.9 Å². The molecule has 1 N–H and O–H groups in total. The predicted octanol–water partition coefficient (Wildman–Crippen LogP) is 7.82. The molecule has 0 aliphatic carbocycles. The molecule has 0 bridgehead atoms. The fraction of sp³-hybridized carbons (Fsp3) is 0.475. The SMILES string of the molecule is CC1(C)O[C@H]2[C@@H](O1)[C@@H](CNCCCCCCCn1c(-c3ccccc3)nc(-c3ccccc3)c1-c1ccccc1)O[C@@H]1OC(C)(C)O[C@@H]12. The summed E-state index contributed by atoms with van der Waals surface area (Å²) in [5.74, 6) is -0.355. The molecule has 0 spiro atoms. The Bertz CT molecular complexity index is 1620. The van der Waals surface area contributed by atoms with Gasteiger partial charge in [-0.05, 0) is 47.1 Å². The molecule has 8 nitrogen and oxygen atoms in total. The zero-order valence-corrected chi connectivity index (χ0v) is 28.6. The van der Waals surface area contributed by atoms with Gasteiger partial charge in [0.2, 0.25) is 0 Å². The minimum absolute atomic E-state index is 0.163. The molecule has 4 heterocycles. The van der Waals surface area contributed by atoms with E-state index in [1.807, 2.05) is 27.7 Å². The van der Waals surface area contributed by atoms with Crippen molar-refractivity contribution in [3.8, 4) is 33.9 Å². The molecule has 1 aromatic heterocycles. The highest BCUT2D eigenvalue weighted by Gasteiger charge is 2.60. The molecule has 48 heavy (non-hydrogen) atoms. The van der Waals surface area contributed by atoms with E-state index in [9.17, 15) is 0 Å². The number of rotatable bonds is 13. The smallest absolute Gasteiger partial charge is 0.190 e. The lowest BCUT2D eigenvalue weighted by Gasteiger charge is -2.37. The summed E-state index contributed by atoms with van der Waals surface area (Å²) in [4.78, 5) is 5.28. The Morgan fingerprint density at radius 3 is 1.90 bits per heavy atom. The molecule has 0 radical (unpaired) electrons. The van der Waals surface area contributed by atoms with E-state index in [1.165, 1.54) is 24.1 Å². The summed E-state index contributed by atoms with van der Waals surface area (Å²) in [7, 11) is 0. The lowest BCUT2D eigenvalue weighted by atomic mass is 9.99. The molecule has 254 valence electrons. The zero-order chi connectivity index (χ0) is 33.1. The summed E-state index contributed by atoms with van der Waals surface area (Å²) in [6, 6.07) is 31.8. The Kier molecular flexibility index (Phi) is 9.83. The van der Waals surface area contributed by atoms with E-state index in [1.54, 1.807) is 0 Å². The number of aromatic nitrogens is 2. The Balaban J connectivity index is 0.938. The van der Waals surface area contributed by atoms with Crippen molar-refractivity contribution in [2.24, 2.45) is 0 Å². The highest BCUT2D eigenvalue weighted by Crippen LogP contribution is 2.44. The summed E-state index contributed by atoms with van der Waals surface area (Å²) in [6.07, 6.45) is 4.40. The molecule has 3 aliphatic rings. The van der Waals surface area contributed by atoms with Gasteiger partial charge >= 0.3 is 0 Å². The molecule has 5 atom stereocenters.